The van der Waals surface area contributed by atoms with Crippen LogP contribution in [-0.2, 0) is 12.5 Å². The fourth-order valence-corrected chi connectivity index (χ4v) is 5.12. The number of hydrogen-bond donors (Lipinski definition) is 0. The van der Waals surface area contributed by atoms with E-state index >= 15 is 0 Å². The lowest BCUT2D eigenvalue weighted by Crippen LogP contribution is -2.41. The van der Waals surface area contributed by atoms with E-state index in [2.05, 4.69) is 53.0 Å². The van der Waals surface area contributed by atoms with Crippen molar-refractivity contribution >= 4 is 0 Å². The van der Waals surface area contributed by atoms with E-state index < -0.39 is 0 Å². The zero-order chi connectivity index (χ0) is 15.2. The summed E-state index contributed by atoms with van der Waals surface area (Å²) in [6.07, 6.45) is 8.06. The summed E-state index contributed by atoms with van der Waals surface area (Å²) in [6.45, 7) is 2.42. The molecular weight excluding hydrogens is 270 g/mol. The second kappa shape index (κ2) is 5.22. The molecule has 0 saturated heterocycles. The van der Waals surface area contributed by atoms with Gasteiger partial charge in [-0.1, -0.05) is 50.1 Å². The first-order valence-corrected chi connectivity index (χ1v) is 8.63. The van der Waals surface area contributed by atoms with Gasteiger partial charge in [0.05, 0.1) is 0 Å². The molecule has 0 radical (unpaired) electrons. The molecule has 2 fully saturated rings. The summed E-state index contributed by atoms with van der Waals surface area (Å²) in [5.74, 6) is 3.94. The third-order valence-electron chi connectivity index (χ3n) is 5.80. The first kappa shape index (κ1) is 14.0. The summed E-state index contributed by atoms with van der Waals surface area (Å²) in [6, 6.07) is 10.4. The maximum atomic E-state index is 4.67. The minimum absolute atomic E-state index is 0.273. The number of rotatable bonds is 2. The van der Waals surface area contributed by atoms with E-state index in [4.69, 9.17) is 0 Å². The van der Waals surface area contributed by atoms with E-state index in [1.54, 1.807) is 0 Å². The van der Waals surface area contributed by atoms with Gasteiger partial charge >= 0.3 is 0 Å². The predicted octanol–water partition coefficient (Wildman–Crippen LogP) is 4.34. The number of fused-ring (bicyclic) bond motifs is 2. The van der Waals surface area contributed by atoms with Gasteiger partial charge in [-0.2, -0.15) is 0 Å². The molecule has 1 aromatic carbocycles. The van der Waals surface area contributed by atoms with Crippen LogP contribution in [-0.4, -0.2) is 14.8 Å². The Labute approximate surface area is 132 Å². The van der Waals surface area contributed by atoms with E-state index in [-0.39, 0.29) is 5.41 Å². The van der Waals surface area contributed by atoms with E-state index in [0.717, 1.165) is 23.2 Å². The van der Waals surface area contributed by atoms with Crippen molar-refractivity contribution in [3.63, 3.8) is 0 Å². The predicted molar refractivity (Wildman–Crippen MR) is 88.5 cm³/mol. The maximum absolute atomic E-state index is 4.67. The molecule has 3 atom stereocenters. The zero-order valence-electron chi connectivity index (χ0n) is 13.6. The van der Waals surface area contributed by atoms with Gasteiger partial charge in [0.25, 0.3) is 0 Å². The minimum Gasteiger partial charge on any atom is -0.314 e. The lowest BCUT2D eigenvalue weighted by molar-refractivity contribution is 0.101. The number of nitrogens with zero attached hydrogens (tertiary/aromatic N) is 3. The van der Waals surface area contributed by atoms with Crippen LogP contribution in [0.4, 0.5) is 0 Å². The highest BCUT2D eigenvalue weighted by molar-refractivity contribution is 5.55. The van der Waals surface area contributed by atoms with E-state index in [9.17, 15) is 0 Å². The number of hydrogen-bond acceptors (Lipinski definition) is 2. The highest BCUT2D eigenvalue weighted by Gasteiger charge is 2.46. The van der Waals surface area contributed by atoms with Crippen molar-refractivity contribution in [3.8, 4) is 11.4 Å². The van der Waals surface area contributed by atoms with E-state index in [0.29, 0.717) is 0 Å². The van der Waals surface area contributed by atoms with Crippen molar-refractivity contribution in [3.05, 3.63) is 36.2 Å². The molecule has 3 nitrogen and oxygen atoms in total. The fourth-order valence-electron chi connectivity index (χ4n) is 5.12. The van der Waals surface area contributed by atoms with Crippen LogP contribution in [0.3, 0.4) is 0 Å². The maximum Gasteiger partial charge on any atom is 0.163 e. The molecule has 0 N–H and O–H groups in total. The van der Waals surface area contributed by atoms with Crippen LogP contribution in [0.25, 0.3) is 11.4 Å². The van der Waals surface area contributed by atoms with Gasteiger partial charge in [0.15, 0.2) is 5.82 Å². The van der Waals surface area contributed by atoms with Gasteiger partial charge < -0.3 is 4.57 Å². The van der Waals surface area contributed by atoms with Gasteiger partial charge in [-0.05, 0) is 37.5 Å². The Morgan fingerprint density at radius 3 is 2.77 bits per heavy atom. The van der Waals surface area contributed by atoms with Crippen molar-refractivity contribution in [2.75, 3.05) is 0 Å². The Balaban J connectivity index is 1.75. The van der Waals surface area contributed by atoms with Gasteiger partial charge in [0.2, 0.25) is 0 Å². The summed E-state index contributed by atoms with van der Waals surface area (Å²) < 4.78 is 2.26. The first-order chi connectivity index (χ1) is 10.7. The molecule has 2 aliphatic carbocycles. The van der Waals surface area contributed by atoms with Crippen molar-refractivity contribution in [2.45, 2.75) is 50.9 Å². The van der Waals surface area contributed by atoms with E-state index in [1.807, 2.05) is 6.07 Å². The minimum atomic E-state index is 0.273. The smallest absolute Gasteiger partial charge is 0.163 e. The molecular formula is C19H25N3. The van der Waals surface area contributed by atoms with Crippen LogP contribution >= 0.6 is 0 Å². The Morgan fingerprint density at radius 2 is 1.95 bits per heavy atom. The molecule has 2 bridgehead atoms. The van der Waals surface area contributed by atoms with Crippen molar-refractivity contribution in [1.29, 1.82) is 0 Å². The van der Waals surface area contributed by atoms with Crippen molar-refractivity contribution in [2.24, 2.45) is 18.9 Å². The zero-order valence-corrected chi connectivity index (χ0v) is 13.6. The first-order valence-electron chi connectivity index (χ1n) is 8.63. The van der Waals surface area contributed by atoms with Gasteiger partial charge in [-0.15, -0.1) is 10.2 Å². The van der Waals surface area contributed by atoms with Crippen LogP contribution in [0, 0.1) is 11.8 Å². The summed E-state index contributed by atoms with van der Waals surface area (Å²) >= 11 is 0. The quantitative estimate of drug-likeness (QED) is 0.825. The molecule has 2 aliphatic rings. The Bertz CT molecular complexity index is 657. The molecule has 2 aromatic rings. The third-order valence-corrected chi connectivity index (χ3v) is 5.80. The Hall–Kier alpha value is -1.64. The molecule has 116 valence electrons. The molecule has 1 aromatic heterocycles. The fraction of sp³-hybridized carbons (Fsp3) is 0.579. The van der Waals surface area contributed by atoms with Crippen molar-refractivity contribution in [1.82, 2.24) is 14.8 Å². The van der Waals surface area contributed by atoms with Gasteiger partial charge in [-0.3, -0.25) is 0 Å². The normalized spacial score (nSPS) is 31.2. The highest BCUT2D eigenvalue weighted by atomic mass is 15.3. The average molecular weight is 295 g/mol. The average Bonchev–Trinajstić information content (AvgIpc) is 2.90. The van der Waals surface area contributed by atoms with Crippen LogP contribution in [0.2, 0.25) is 0 Å². The summed E-state index contributed by atoms with van der Waals surface area (Å²) in [4.78, 5) is 0. The summed E-state index contributed by atoms with van der Waals surface area (Å²) in [5, 5.41) is 9.22. The Morgan fingerprint density at radius 1 is 1.14 bits per heavy atom. The number of benzene rings is 1. The summed E-state index contributed by atoms with van der Waals surface area (Å²) in [7, 11) is 2.15. The summed E-state index contributed by atoms with van der Waals surface area (Å²) in [5.41, 5.74) is 1.44. The lowest BCUT2D eigenvalue weighted by atomic mass is 9.59. The molecule has 1 heterocycles. The Kier molecular flexibility index (Phi) is 3.32. The van der Waals surface area contributed by atoms with Gasteiger partial charge in [-0.25, -0.2) is 0 Å². The second-order valence-electron chi connectivity index (χ2n) is 7.56. The van der Waals surface area contributed by atoms with E-state index in [1.165, 1.54) is 44.3 Å². The van der Waals surface area contributed by atoms with Gasteiger partial charge in [0, 0.05) is 18.0 Å². The lowest BCUT2D eigenvalue weighted by Gasteiger charge is -2.46. The largest absolute Gasteiger partial charge is 0.314 e. The SMILES string of the molecule is CC1CC2CCCC(c3nnc(-c4ccccc4)n3C)(C1)C2. The highest BCUT2D eigenvalue weighted by Crippen LogP contribution is 2.51. The molecule has 3 unspecified atom stereocenters. The second-order valence-corrected chi connectivity index (χ2v) is 7.56. The number of aromatic nitrogens is 3. The molecule has 22 heavy (non-hydrogen) atoms. The monoisotopic (exact) mass is 295 g/mol. The third kappa shape index (κ3) is 2.18. The topological polar surface area (TPSA) is 30.7 Å². The van der Waals surface area contributed by atoms with Crippen LogP contribution in [0.15, 0.2) is 30.3 Å². The molecule has 3 heteroatoms. The molecule has 0 aliphatic heterocycles. The molecule has 2 saturated carbocycles. The van der Waals surface area contributed by atoms with Crippen molar-refractivity contribution < 1.29 is 0 Å². The van der Waals surface area contributed by atoms with Gasteiger partial charge in [0.1, 0.15) is 5.82 Å². The van der Waals surface area contributed by atoms with Crippen LogP contribution in [0.1, 0.15) is 51.3 Å². The standard InChI is InChI=1S/C19H25N3/c1-14-11-15-7-6-10-19(12-14,13-15)18-21-20-17(22(18)2)16-8-4-3-5-9-16/h3-5,8-9,14-15H,6-7,10-13H2,1-2H3. The van der Waals surface area contributed by atoms with Crippen LogP contribution < -0.4 is 0 Å². The molecule has 0 amide bonds. The molecule has 0 spiro atoms. The molecule has 4 rings (SSSR count). The van der Waals surface area contributed by atoms with Crippen LogP contribution in [0.5, 0.6) is 0 Å².